The minimum Gasteiger partial charge on any atom is -0.464 e. The van der Waals surface area contributed by atoms with Crippen LogP contribution in [0.5, 0.6) is 0 Å². The summed E-state index contributed by atoms with van der Waals surface area (Å²) in [6.07, 6.45) is 0.782. The largest absolute Gasteiger partial charge is 0.464 e. The van der Waals surface area contributed by atoms with E-state index < -0.39 is 0 Å². The third kappa shape index (κ3) is 2.65. The van der Waals surface area contributed by atoms with Crippen LogP contribution in [-0.4, -0.2) is 18.1 Å². The van der Waals surface area contributed by atoms with Crippen LogP contribution in [0.4, 0.5) is 0 Å². The fourth-order valence-electron chi connectivity index (χ4n) is 2.06. The Labute approximate surface area is 113 Å². The standard InChI is InChI=1S/C16H17NO2/c1-4-13-10-14(12-8-6-5-7-9-12)11(2)15(17-13)16(18)19-3/h5-10H,4H2,1-3H3. The van der Waals surface area contributed by atoms with E-state index in [1.54, 1.807) is 0 Å². The molecule has 0 spiro atoms. The Balaban J connectivity index is 2.64. The minimum atomic E-state index is -0.384. The van der Waals surface area contributed by atoms with E-state index in [0.717, 1.165) is 28.8 Å². The van der Waals surface area contributed by atoms with Crippen molar-refractivity contribution in [3.8, 4) is 11.1 Å². The summed E-state index contributed by atoms with van der Waals surface area (Å²) in [6, 6.07) is 12.0. The van der Waals surface area contributed by atoms with Crippen molar-refractivity contribution >= 4 is 5.97 Å². The molecule has 2 rings (SSSR count). The molecule has 3 heteroatoms. The third-order valence-corrected chi connectivity index (χ3v) is 3.15. The molecule has 1 heterocycles. The molecule has 0 N–H and O–H groups in total. The van der Waals surface area contributed by atoms with Gasteiger partial charge in [0.1, 0.15) is 0 Å². The summed E-state index contributed by atoms with van der Waals surface area (Å²) >= 11 is 0. The topological polar surface area (TPSA) is 39.2 Å². The lowest BCUT2D eigenvalue weighted by molar-refractivity contribution is 0.0593. The first-order valence-electron chi connectivity index (χ1n) is 6.31. The number of nitrogens with zero attached hydrogens (tertiary/aromatic N) is 1. The van der Waals surface area contributed by atoms with Gasteiger partial charge in [-0.1, -0.05) is 37.3 Å². The van der Waals surface area contributed by atoms with Crippen molar-refractivity contribution in [1.29, 1.82) is 0 Å². The summed E-state index contributed by atoms with van der Waals surface area (Å²) in [5.41, 5.74) is 4.27. The normalized spacial score (nSPS) is 10.3. The summed E-state index contributed by atoms with van der Waals surface area (Å²) < 4.78 is 4.81. The Morgan fingerprint density at radius 3 is 2.53 bits per heavy atom. The Bertz CT molecular complexity index is 591. The molecule has 2 aromatic rings. The molecule has 3 nitrogen and oxygen atoms in total. The molecule has 0 saturated carbocycles. The number of carbonyl (C=O) groups is 1. The molecule has 0 saturated heterocycles. The molecule has 0 bridgehead atoms. The molecule has 0 aliphatic heterocycles. The van der Waals surface area contributed by atoms with E-state index in [0.29, 0.717) is 5.69 Å². The SMILES string of the molecule is CCc1cc(-c2ccccc2)c(C)c(C(=O)OC)n1. The van der Waals surface area contributed by atoms with Gasteiger partial charge in [0.15, 0.2) is 5.69 Å². The van der Waals surface area contributed by atoms with Gasteiger partial charge in [-0.3, -0.25) is 0 Å². The van der Waals surface area contributed by atoms with E-state index in [1.807, 2.05) is 50.2 Å². The Kier molecular flexibility index (Phi) is 3.95. The highest BCUT2D eigenvalue weighted by atomic mass is 16.5. The van der Waals surface area contributed by atoms with E-state index >= 15 is 0 Å². The van der Waals surface area contributed by atoms with Gasteiger partial charge in [-0.2, -0.15) is 0 Å². The molecule has 1 aromatic heterocycles. The zero-order valence-electron chi connectivity index (χ0n) is 11.4. The van der Waals surface area contributed by atoms with Gasteiger partial charge in [-0.05, 0) is 36.1 Å². The van der Waals surface area contributed by atoms with Crippen LogP contribution in [-0.2, 0) is 11.2 Å². The zero-order valence-corrected chi connectivity index (χ0v) is 11.4. The number of esters is 1. The number of hydrogen-bond donors (Lipinski definition) is 0. The van der Waals surface area contributed by atoms with Crippen molar-refractivity contribution in [3.05, 3.63) is 53.3 Å². The van der Waals surface area contributed by atoms with Gasteiger partial charge in [-0.15, -0.1) is 0 Å². The lowest BCUT2D eigenvalue weighted by atomic mass is 9.98. The molecule has 0 amide bonds. The molecular formula is C16H17NO2. The van der Waals surface area contributed by atoms with Crippen molar-refractivity contribution in [2.24, 2.45) is 0 Å². The summed E-state index contributed by atoms with van der Waals surface area (Å²) in [4.78, 5) is 16.2. The number of carbonyl (C=O) groups excluding carboxylic acids is 1. The van der Waals surface area contributed by atoms with Gasteiger partial charge in [-0.25, -0.2) is 9.78 Å². The van der Waals surface area contributed by atoms with Crippen molar-refractivity contribution < 1.29 is 9.53 Å². The van der Waals surface area contributed by atoms with Gasteiger partial charge < -0.3 is 4.74 Å². The maximum Gasteiger partial charge on any atom is 0.356 e. The van der Waals surface area contributed by atoms with Gasteiger partial charge in [0.05, 0.1) is 7.11 Å². The lowest BCUT2D eigenvalue weighted by Crippen LogP contribution is -2.09. The quantitative estimate of drug-likeness (QED) is 0.789. The highest BCUT2D eigenvalue weighted by Crippen LogP contribution is 2.26. The van der Waals surface area contributed by atoms with E-state index in [9.17, 15) is 4.79 Å². The molecule has 0 aliphatic carbocycles. The second-order valence-corrected chi connectivity index (χ2v) is 4.35. The maximum absolute atomic E-state index is 11.8. The number of aryl methyl sites for hydroxylation is 1. The zero-order chi connectivity index (χ0) is 13.8. The molecule has 0 atom stereocenters. The van der Waals surface area contributed by atoms with Crippen LogP contribution >= 0.6 is 0 Å². The van der Waals surface area contributed by atoms with Crippen LogP contribution < -0.4 is 0 Å². The van der Waals surface area contributed by atoms with E-state index in [1.165, 1.54) is 7.11 Å². The predicted molar refractivity (Wildman–Crippen MR) is 75.1 cm³/mol. The summed E-state index contributed by atoms with van der Waals surface area (Å²) in [5, 5.41) is 0. The average molecular weight is 255 g/mol. The fraction of sp³-hybridized carbons (Fsp3) is 0.250. The minimum absolute atomic E-state index is 0.384. The van der Waals surface area contributed by atoms with Crippen LogP contribution in [0.25, 0.3) is 11.1 Å². The molecule has 0 aliphatic rings. The van der Waals surface area contributed by atoms with E-state index in [2.05, 4.69) is 4.98 Å². The van der Waals surface area contributed by atoms with Crippen molar-refractivity contribution in [1.82, 2.24) is 4.98 Å². The number of ether oxygens (including phenoxy) is 1. The van der Waals surface area contributed by atoms with Crippen LogP contribution in [0.2, 0.25) is 0 Å². The summed E-state index contributed by atoms with van der Waals surface area (Å²) in [6.45, 7) is 3.93. The maximum atomic E-state index is 11.8. The Morgan fingerprint density at radius 2 is 1.95 bits per heavy atom. The molecule has 1 aromatic carbocycles. The highest BCUT2D eigenvalue weighted by Gasteiger charge is 2.16. The molecular weight excluding hydrogens is 238 g/mol. The predicted octanol–water partition coefficient (Wildman–Crippen LogP) is 3.41. The molecule has 0 radical (unpaired) electrons. The first-order chi connectivity index (χ1) is 9.17. The summed E-state index contributed by atoms with van der Waals surface area (Å²) in [5.74, 6) is -0.384. The number of methoxy groups -OCH3 is 1. The van der Waals surface area contributed by atoms with Gasteiger partial charge in [0, 0.05) is 5.69 Å². The van der Waals surface area contributed by atoms with Gasteiger partial charge in [0.2, 0.25) is 0 Å². The fourth-order valence-corrected chi connectivity index (χ4v) is 2.06. The first kappa shape index (κ1) is 13.3. The Morgan fingerprint density at radius 1 is 1.26 bits per heavy atom. The van der Waals surface area contributed by atoms with Crippen molar-refractivity contribution in [3.63, 3.8) is 0 Å². The number of benzene rings is 1. The van der Waals surface area contributed by atoms with Crippen LogP contribution in [0.1, 0.15) is 28.7 Å². The second-order valence-electron chi connectivity index (χ2n) is 4.35. The number of hydrogen-bond acceptors (Lipinski definition) is 3. The molecule has 0 unspecified atom stereocenters. The number of aromatic nitrogens is 1. The van der Waals surface area contributed by atoms with E-state index in [4.69, 9.17) is 4.74 Å². The summed E-state index contributed by atoms with van der Waals surface area (Å²) in [7, 11) is 1.38. The van der Waals surface area contributed by atoms with Crippen LogP contribution in [0.15, 0.2) is 36.4 Å². The molecule has 0 fully saturated rings. The highest BCUT2D eigenvalue weighted by molar-refractivity contribution is 5.91. The molecule has 19 heavy (non-hydrogen) atoms. The smallest absolute Gasteiger partial charge is 0.356 e. The third-order valence-electron chi connectivity index (χ3n) is 3.15. The lowest BCUT2D eigenvalue weighted by Gasteiger charge is -2.12. The average Bonchev–Trinajstić information content (AvgIpc) is 2.47. The Hall–Kier alpha value is -2.16. The van der Waals surface area contributed by atoms with E-state index in [-0.39, 0.29) is 5.97 Å². The first-order valence-corrected chi connectivity index (χ1v) is 6.31. The van der Waals surface area contributed by atoms with Crippen molar-refractivity contribution in [2.45, 2.75) is 20.3 Å². The van der Waals surface area contributed by atoms with Gasteiger partial charge >= 0.3 is 5.97 Å². The number of rotatable bonds is 3. The second kappa shape index (κ2) is 5.65. The van der Waals surface area contributed by atoms with Crippen LogP contribution in [0, 0.1) is 6.92 Å². The number of pyridine rings is 1. The van der Waals surface area contributed by atoms with Crippen LogP contribution in [0.3, 0.4) is 0 Å². The van der Waals surface area contributed by atoms with Gasteiger partial charge in [0.25, 0.3) is 0 Å². The monoisotopic (exact) mass is 255 g/mol. The van der Waals surface area contributed by atoms with Crippen molar-refractivity contribution in [2.75, 3.05) is 7.11 Å². The molecule has 98 valence electrons.